The third kappa shape index (κ3) is 3.17. The lowest BCUT2D eigenvalue weighted by Crippen LogP contribution is -2.16. The minimum atomic E-state index is -1.23. The molecule has 6 heteroatoms. The van der Waals surface area contributed by atoms with Crippen molar-refractivity contribution in [2.45, 2.75) is 6.92 Å². The number of anilines is 2. The molecule has 2 aromatic rings. The fourth-order valence-electron chi connectivity index (χ4n) is 1.84. The summed E-state index contributed by atoms with van der Waals surface area (Å²) in [4.78, 5) is 23.2. The van der Waals surface area contributed by atoms with Gasteiger partial charge in [-0.2, -0.15) is 0 Å². The molecule has 0 atom stereocenters. The van der Waals surface area contributed by atoms with E-state index in [4.69, 9.17) is 10.8 Å². The second kappa shape index (κ2) is 5.62. The van der Waals surface area contributed by atoms with Crippen molar-refractivity contribution in [3.63, 3.8) is 0 Å². The molecule has 0 aliphatic heterocycles. The molecule has 1 amide bonds. The van der Waals surface area contributed by atoms with Gasteiger partial charge in [-0.25, -0.2) is 9.18 Å². The maximum absolute atomic E-state index is 13.7. The van der Waals surface area contributed by atoms with Crippen LogP contribution in [0.2, 0.25) is 0 Å². The molecule has 0 aliphatic carbocycles. The standard InChI is InChI=1S/C15H13FN2O3/c1-8-2-4-10(12(16)6-8)14(19)18-13-5-3-9(17)7-11(13)15(20)21/h2-7H,17H2,1H3,(H,18,19)(H,20,21). The van der Waals surface area contributed by atoms with Crippen LogP contribution < -0.4 is 11.1 Å². The van der Waals surface area contributed by atoms with Crippen LogP contribution in [0.25, 0.3) is 0 Å². The fraction of sp³-hybridized carbons (Fsp3) is 0.0667. The van der Waals surface area contributed by atoms with Crippen LogP contribution in [0.15, 0.2) is 36.4 Å². The van der Waals surface area contributed by atoms with Gasteiger partial charge in [0.05, 0.1) is 16.8 Å². The summed E-state index contributed by atoms with van der Waals surface area (Å²) in [5.41, 5.74) is 6.19. The number of carboxylic acids is 1. The van der Waals surface area contributed by atoms with Gasteiger partial charge in [-0.15, -0.1) is 0 Å². The number of carboxylic acid groups (broad SMARTS) is 1. The SMILES string of the molecule is Cc1ccc(C(=O)Nc2ccc(N)cc2C(=O)O)c(F)c1. The highest BCUT2D eigenvalue weighted by atomic mass is 19.1. The zero-order valence-electron chi connectivity index (χ0n) is 11.2. The van der Waals surface area contributed by atoms with Gasteiger partial charge < -0.3 is 16.2 Å². The Morgan fingerprint density at radius 2 is 1.86 bits per heavy atom. The summed E-state index contributed by atoms with van der Waals surface area (Å²) >= 11 is 0. The molecule has 0 fully saturated rings. The van der Waals surface area contributed by atoms with Crippen LogP contribution in [0.5, 0.6) is 0 Å². The predicted molar refractivity (Wildman–Crippen MR) is 76.9 cm³/mol. The van der Waals surface area contributed by atoms with Gasteiger partial charge in [0.2, 0.25) is 0 Å². The van der Waals surface area contributed by atoms with E-state index in [0.717, 1.165) is 0 Å². The topological polar surface area (TPSA) is 92.4 Å². The maximum Gasteiger partial charge on any atom is 0.337 e. The van der Waals surface area contributed by atoms with Crippen molar-refractivity contribution in [2.24, 2.45) is 0 Å². The van der Waals surface area contributed by atoms with E-state index in [1.807, 2.05) is 0 Å². The molecule has 0 heterocycles. The lowest BCUT2D eigenvalue weighted by atomic mass is 10.1. The first-order valence-electron chi connectivity index (χ1n) is 6.09. The summed E-state index contributed by atoms with van der Waals surface area (Å²) in [5.74, 6) is -2.62. The number of carbonyl (C=O) groups is 2. The van der Waals surface area contributed by atoms with Crippen molar-refractivity contribution in [2.75, 3.05) is 11.1 Å². The Labute approximate surface area is 120 Å². The summed E-state index contributed by atoms with van der Waals surface area (Å²) in [6, 6.07) is 8.21. The molecular formula is C15H13FN2O3. The van der Waals surface area contributed by atoms with E-state index in [2.05, 4.69) is 5.32 Å². The number of benzene rings is 2. The minimum absolute atomic E-state index is 0.0571. The molecule has 2 rings (SSSR count). The molecule has 108 valence electrons. The first kappa shape index (κ1) is 14.5. The highest BCUT2D eigenvalue weighted by Gasteiger charge is 2.16. The van der Waals surface area contributed by atoms with Gasteiger partial charge in [-0.1, -0.05) is 6.07 Å². The van der Waals surface area contributed by atoms with Crippen LogP contribution in [0.4, 0.5) is 15.8 Å². The largest absolute Gasteiger partial charge is 0.478 e. The molecule has 0 spiro atoms. The first-order chi connectivity index (χ1) is 9.88. The van der Waals surface area contributed by atoms with E-state index in [9.17, 15) is 14.0 Å². The zero-order valence-corrected chi connectivity index (χ0v) is 11.2. The number of rotatable bonds is 3. The highest BCUT2D eigenvalue weighted by molar-refractivity contribution is 6.08. The van der Waals surface area contributed by atoms with Gasteiger partial charge >= 0.3 is 5.97 Å². The third-order valence-electron chi connectivity index (χ3n) is 2.89. The van der Waals surface area contributed by atoms with Crippen molar-refractivity contribution in [1.29, 1.82) is 0 Å². The highest BCUT2D eigenvalue weighted by Crippen LogP contribution is 2.20. The van der Waals surface area contributed by atoms with Crippen molar-refractivity contribution >= 4 is 23.3 Å². The molecular weight excluding hydrogens is 275 g/mol. The Morgan fingerprint density at radius 3 is 2.48 bits per heavy atom. The van der Waals surface area contributed by atoms with Gasteiger partial charge in [0.25, 0.3) is 5.91 Å². The summed E-state index contributed by atoms with van der Waals surface area (Å²) in [6.07, 6.45) is 0. The summed E-state index contributed by atoms with van der Waals surface area (Å²) in [7, 11) is 0. The van der Waals surface area contributed by atoms with Crippen molar-refractivity contribution in [3.8, 4) is 0 Å². The monoisotopic (exact) mass is 288 g/mol. The van der Waals surface area contributed by atoms with Gasteiger partial charge in [-0.05, 0) is 42.8 Å². The van der Waals surface area contributed by atoms with Gasteiger partial charge in [-0.3, -0.25) is 4.79 Å². The number of nitrogen functional groups attached to an aromatic ring is 1. The molecule has 2 aromatic carbocycles. The van der Waals surface area contributed by atoms with E-state index in [-0.39, 0.29) is 22.5 Å². The Hall–Kier alpha value is -2.89. The Morgan fingerprint density at radius 1 is 1.14 bits per heavy atom. The van der Waals surface area contributed by atoms with Crippen LogP contribution >= 0.6 is 0 Å². The first-order valence-corrected chi connectivity index (χ1v) is 6.09. The number of aryl methyl sites for hydroxylation is 1. The average Bonchev–Trinajstić information content (AvgIpc) is 2.40. The van der Waals surface area contributed by atoms with E-state index in [0.29, 0.717) is 5.56 Å². The van der Waals surface area contributed by atoms with E-state index in [1.54, 1.807) is 13.0 Å². The van der Waals surface area contributed by atoms with Crippen LogP contribution in [0.1, 0.15) is 26.3 Å². The Balaban J connectivity index is 2.34. The number of hydrogen-bond donors (Lipinski definition) is 3. The maximum atomic E-state index is 13.7. The number of aromatic carboxylic acids is 1. The van der Waals surface area contributed by atoms with Crippen LogP contribution in [0, 0.1) is 12.7 Å². The Kier molecular flexibility index (Phi) is 3.89. The number of nitrogens with two attached hydrogens (primary N) is 1. The average molecular weight is 288 g/mol. The lowest BCUT2D eigenvalue weighted by molar-refractivity contribution is 0.0698. The van der Waals surface area contributed by atoms with E-state index < -0.39 is 17.7 Å². The second-order valence-corrected chi connectivity index (χ2v) is 4.55. The number of amides is 1. The molecule has 21 heavy (non-hydrogen) atoms. The summed E-state index contributed by atoms with van der Waals surface area (Å²) in [5, 5.41) is 11.5. The number of nitrogens with one attached hydrogen (secondary N) is 1. The Bertz CT molecular complexity index is 729. The van der Waals surface area contributed by atoms with Gasteiger partial charge in [0, 0.05) is 5.69 Å². The number of halogens is 1. The van der Waals surface area contributed by atoms with Gasteiger partial charge in [0.1, 0.15) is 5.82 Å². The lowest BCUT2D eigenvalue weighted by Gasteiger charge is -2.10. The molecule has 0 radical (unpaired) electrons. The van der Waals surface area contributed by atoms with Crippen LogP contribution in [0.3, 0.4) is 0 Å². The van der Waals surface area contributed by atoms with Crippen molar-refractivity contribution < 1.29 is 19.1 Å². The molecule has 5 nitrogen and oxygen atoms in total. The zero-order chi connectivity index (χ0) is 15.6. The minimum Gasteiger partial charge on any atom is -0.478 e. The van der Waals surface area contributed by atoms with E-state index >= 15 is 0 Å². The smallest absolute Gasteiger partial charge is 0.337 e. The molecule has 0 unspecified atom stereocenters. The number of carbonyl (C=O) groups excluding carboxylic acids is 1. The van der Waals surface area contributed by atoms with E-state index in [1.165, 1.54) is 30.3 Å². The molecule has 0 aromatic heterocycles. The number of hydrogen-bond acceptors (Lipinski definition) is 3. The molecule has 4 N–H and O–H groups in total. The van der Waals surface area contributed by atoms with Crippen LogP contribution in [-0.2, 0) is 0 Å². The molecule has 0 saturated heterocycles. The second-order valence-electron chi connectivity index (χ2n) is 4.55. The summed E-state index contributed by atoms with van der Waals surface area (Å²) < 4.78 is 13.7. The quantitative estimate of drug-likeness (QED) is 0.757. The normalized spacial score (nSPS) is 10.2. The third-order valence-corrected chi connectivity index (χ3v) is 2.89. The van der Waals surface area contributed by atoms with Crippen LogP contribution in [-0.4, -0.2) is 17.0 Å². The van der Waals surface area contributed by atoms with Crippen molar-refractivity contribution in [3.05, 3.63) is 58.9 Å². The van der Waals surface area contributed by atoms with Gasteiger partial charge in [0.15, 0.2) is 0 Å². The molecule has 0 saturated carbocycles. The fourth-order valence-corrected chi connectivity index (χ4v) is 1.84. The molecule has 0 aliphatic rings. The summed E-state index contributed by atoms with van der Waals surface area (Å²) in [6.45, 7) is 1.70. The molecule has 0 bridgehead atoms. The predicted octanol–water partition coefficient (Wildman–Crippen LogP) is 2.67. The van der Waals surface area contributed by atoms with Crippen molar-refractivity contribution in [1.82, 2.24) is 0 Å².